The van der Waals surface area contributed by atoms with Gasteiger partial charge in [-0.15, -0.1) is 6.58 Å². The first kappa shape index (κ1) is 15.9. The smallest absolute Gasteiger partial charge is 0.387 e. The summed E-state index contributed by atoms with van der Waals surface area (Å²) in [4.78, 5) is 11.6. The van der Waals surface area contributed by atoms with E-state index in [1.807, 2.05) is 0 Å². The molecule has 2 N–H and O–H groups in total. The van der Waals surface area contributed by atoms with Crippen LogP contribution in [0.1, 0.15) is 0 Å². The Kier molecular flexibility index (Phi) is 6.45. The fourth-order valence-electron chi connectivity index (χ4n) is 1.41. The molecule has 0 heterocycles. The van der Waals surface area contributed by atoms with E-state index in [2.05, 4.69) is 21.9 Å². The van der Waals surface area contributed by atoms with E-state index in [-0.39, 0.29) is 23.9 Å². The summed E-state index contributed by atoms with van der Waals surface area (Å²) < 4.78 is 33.9. The van der Waals surface area contributed by atoms with Crippen molar-refractivity contribution in [1.29, 1.82) is 0 Å². The number of anilines is 1. The zero-order valence-corrected chi connectivity index (χ0v) is 11.0. The molecule has 0 aromatic heterocycles. The number of benzene rings is 1. The van der Waals surface area contributed by atoms with Gasteiger partial charge in [-0.3, -0.25) is 4.79 Å². The Balaban J connectivity index is 2.78. The molecule has 20 heavy (non-hydrogen) atoms. The van der Waals surface area contributed by atoms with Crippen molar-refractivity contribution < 1.29 is 23.0 Å². The summed E-state index contributed by atoms with van der Waals surface area (Å²) in [7, 11) is 1.43. The number of halogens is 2. The van der Waals surface area contributed by atoms with Crippen LogP contribution in [0.15, 0.2) is 30.9 Å². The van der Waals surface area contributed by atoms with Crippen LogP contribution in [0.5, 0.6) is 11.5 Å². The predicted molar refractivity (Wildman–Crippen MR) is 71.3 cm³/mol. The van der Waals surface area contributed by atoms with Crippen molar-refractivity contribution in [3.05, 3.63) is 30.9 Å². The van der Waals surface area contributed by atoms with Crippen LogP contribution >= 0.6 is 0 Å². The molecule has 0 spiro atoms. The molecule has 110 valence electrons. The van der Waals surface area contributed by atoms with E-state index in [1.54, 1.807) is 6.08 Å². The van der Waals surface area contributed by atoms with E-state index < -0.39 is 6.61 Å². The number of nitrogens with one attached hydrogen (secondary N) is 2. The number of carbonyl (C=O) groups excluding carboxylic acids is 1. The van der Waals surface area contributed by atoms with Crippen LogP contribution in [-0.2, 0) is 4.79 Å². The maximum Gasteiger partial charge on any atom is 0.387 e. The second-order valence-corrected chi connectivity index (χ2v) is 3.71. The molecule has 0 radical (unpaired) electrons. The van der Waals surface area contributed by atoms with Crippen molar-refractivity contribution in [1.82, 2.24) is 5.32 Å². The zero-order chi connectivity index (χ0) is 15.0. The summed E-state index contributed by atoms with van der Waals surface area (Å²) in [5, 5.41) is 5.27. The van der Waals surface area contributed by atoms with E-state index in [1.165, 1.54) is 25.3 Å². The molecular weight excluding hydrogens is 270 g/mol. The highest BCUT2D eigenvalue weighted by Gasteiger charge is 2.13. The third-order valence-electron chi connectivity index (χ3n) is 2.25. The Morgan fingerprint density at radius 2 is 2.25 bits per heavy atom. The number of hydrogen-bond donors (Lipinski definition) is 2. The van der Waals surface area contributed by atoms with Gasteiger partial charge in [-0.25, -0.2) is 0 Å². The second kappa shape index (κ2) is 8.11. The molecule has 0 atom stereocenters. The molecule has 7 heteroatoms. The topological polar surface area (TPSA) is 59.6 Å². The number of methoxy groups -OCH3 is 1. The minimum Gasteiger partial charge on any atom is -0.497 e. The fourth-order valence-corrected chi connectivity index (χ4v) is 1.41. The predicted octanol–water partition coefficient (Wildman–Crippen LogP) is 2.01. The van der Waals surface area contributed by atoms with Crippen molar-refractivity contribution in [2.75, 3.05) is 25.5 Å². The molecule has 0 aliphatic carbocycles. The molecule has 0 unspecified atom stereocenters. The number of amides is 1. The number of alkyl halides is 2. The number of carbonyl (C=O) groups is 1. The fraction of sp³-hybridized carbons (Fsp3) is 0.308. The Hall–Kier alpha value is -2.15. The van der Waals surface area contributed by atoms with Crippen LogP contribution in [0.25, 0.3) is 0 Å². The van der Waals surface area contributed by atoms with Gasteiger partial charge in [0.15, 0.2) is 0 Å². The highest BCUT2D eigenvalue weighted by molar-refractivity contribution is 5.94. The second-order valence-electron chi connectivity index (χ2n) is 3.71. The third kappa shape index (κ3) is 5.23. The molecule has 0 bridgehead atoms. The maximum absolute atomic E-state index is 12.3. The van der Waals surface area contributed by atoms with Crippen LogP contribution < -0.4 is 20.1 Å². The summed E-state index contributed by atoms with van der Waals surface area (Å²) in [5.41, 5.74) is 0.120. The molecule has 0 aliphatic rings. The van der Waals surface area contributed by atoms with Crippen LogP contribution in [0.3, 0.4) is 0 Å². The van der Waals surface area contributed by atoms with Gasteiger partial charge in [0.1, 0.15) is 11.5 Å². The van der Waals surface area contributed by atoms with Gasteiger partial charge in [-0.05, 0) is 12.1 Å². The van der Waals surface area contributed by atoms with E-state index >= 15 is 0 Å². The molecule has 1 rings (SSSR count). The van der Waals surface area contributed by atoms with Gasteiger partial charge in [0, 0.05) is 12.6 Å². The Morgan fingerprint density at radius 1 is 1.50 bits per heavy atom. The van der Waals surface area contributed by atoms with Gasteiger partial charge in [0.2, 0.25) is 5.91 Å². The van der Waals surface area contributed by atoms with Crippen LogP contribution in [0.4, 0.5) is 14.5 Å². The molecular formula is C13H16F2N2O3. The Morgan fingerprint density at radius 3 is 2.85 bits per heavy atom. The molecule has 0 aliphatic heterocycles. The van der Waals surface area contributed by atoms with Gasteiger partial charge in [-0.2, -0.15) is 8.78 Å². The average molecular weight is 286 g/mol. The van der Waals surface area contributed by atoms with Gasteiger partial charge < -0.3 is 20.1 Å². The summed E-state index contributed by atoms with van der Waals surface area (Å²) in [6.45, 7) is 1.01. The zero-order valence-electron chi connectivity index (χ0n) is 11.0. The Labute approximate surface area is 115 Å². The summed E-state index contributed by atoms with van der Waals surface area (Å²) in [6.07, 6.45) is 1.60. The highest BCUT2D eigenvalue weighted by atomic mass is 19.3. The minimum absolute atomic E-state index is 0.0251. The van der Waals surface area contributed by atoms with E-state index in [4.69, 9.17) is 4.74 Å². The first-order valence-corrected chi connectivity index (χ1v) is 5.81. The maximum atomic E-state index is 12.3. The van der Waals surface area contributed by atoms with Gasteiger partial charge >= 0.3 is 6.61 Å². The minimum atomic E-state index is -2.97. The molecule has 1 aromatic rings. The lowest BCUT2D eigenvalue weighted by Gasteiger charge is -2.13. The van der Waals surface area contributed by atoms with Crippen molar-refractivity contribution in [2.45, 2.75) is 6.61 Å². The summed E-state index contributed by atoms with van der Waals surface area (Å²) in [5.74, 6) is -0.0990. The standard InChI is InChI=1S/C13H16F2N2O3/c1-3-6-16-8-12(18)17-10-7-9(19-2)4-5-11(10)20-13(14)15/h3-5,7,13,16H,1,6,8H2,2H3,(H,17,18). The van der Waals surface area contributed by atoms with Gasteiger partial charge in [0.25, 0.3) is 0 Å². The van der Waals surface area contributed by atoms with Crippen molar-refractivity contribution >= 4 is 11.6 Å². The molecule has 1 amide bonds. The highest BCUT2D eigenvalue weighted by Crippen LogP contribution is 2.30. The first-order chi connectivity index (χ1) is 9.56. The van der Waals surface area contributed by atoms with Crippen molar-refractivity contribution in [2.24, 2.45) is 0 Å². The van der Waals surface area contributed by atoms with Crippen molar-refractivity contribution in [3.63, 3.8) is 0 Å². The van der Waals surface area contributed by atoms with E-state index in [9.17, 15) is 13.6 Å². The van der Waals surface area contributed by atoms with Crippen LogP contribution in [0, 0.1) is 0 Å². The van der Waals surface area contributed by atoms with Gasteiger partial charge in [0.05, 0.1) is 19.3 Å². The quantitative estimate of drug-likeness (QED) is 0.567. The molecule has 0 fully saturated rings. The lowest BCUT2D eigenvalue weighted by Crippen LogP contribution is -2.28. The largest absolute Gasteiger partial charge is 0.497 e. The van der Waals surface area contributed by atoms with Crippen molar-refractivity contribution in [3.8, 4) is 11.5 Å². The third-order valence-corrected chi connectivity index (χ3v) is 2.25. The Bertz CT molecular complexity index is 467. The normalized spacial score (nSPS) is 10.2. The summed E-state index contributed by atoms with van der Waals surface area (Å²) >= 11 is 0. The average Bonchev–Trinajstić information content (AvgIpc) is 2.40. The van der Waals surface area contributed by atoms with Gasteiger partial charge in [-0.1, -0.05) is 6.08 Å². The van der Waals surface area contributed by atoms with Crippen LogP contribution in [0.2, 0.25) is 0 Å². The van der Waals surface area contributed by atoms with E-state index in [0.717, 1.165) is 0 Å². The number of hydrogen-bond acceptors (Lipinski definition) is 4. The molecule has 5 nitrogen and oxygen atoms in total. The first-order valence-electron chi connectivity index (χ1n) is 5.81. The molecule has 1 aromatic carbocycles. The number of ether oxygens (including phenoxy) is 2. The lowest BCUT2D eigenvalue weighted by atomic mass is 10.2. The SMILES string of the molecule is C=CCNCC(=O)Nc1cc(OC)ccc1OC(F)F. The monoisotopic (exact) mass is 286 g/mol. The summed E-state index contributed by atoms with van der Waals surface area (Å²) in [6, 6.07) is 4.17. The van der Waals surface area contributed by atoms with E-state index in [0.29, 0.717) is 12.3 Å². The molecule has 0 saturated heterocycles. The van der Waals surface area contributed by atoms with Crippen LogP contribution in [-0.4, -0.2) is 32.7 Å². The number of rotatable bonds is 8. The molecule has 0 saturated carbocycles. The lowest BCUT2D eigenvalue weighted by molar-refractivity contribution is -0.115.